The number of nitrogen functional groups attached to an aromatic ring is 1. The molecule has 0 bridgehead atoms. The predicted octanol–water partition coefficient (Wildman–Crippen LogP) is 1.39. The lowest BCUT2D eigenvalue weighted by atomic mass is 9.91. The van der Waals surface area contributed by atoms with Crippen LogP contribution in [0.1, 0.15) is 19.3 Å². The molecule has 0 radical (unpaired) electrons. The second-order valence-corrected chi connectivity index (χ2v) is 5.06. The van der Waals surface area contributed by atoms with Crippen molar-refractivity contribution in [3.63, 3.8) is 0 Å². The molecule has 5 nitrogen and oxygen atoms in total. The van der Waals surface area contributed by atoms with E-state index in [-0.39, 0.29) is 6.61 Å². The van der Waals surface area contributed by atoms with Gasteiger partial charge in [0.2, 0.25) is 0 Å². The van der Waals surface area contributed by atoms with Crippen molar-refractivity contribution in [2.24, 2.45) is 0 Å². The second kappa shape index (κ2) is 5.17. The van der Waals surface area contributed by atoms with Crippen LogP contribution in [-0.2, 0) is 0 Å². The first-order valence-electron chi connectivity index (χ1n) is 6.86. The molecule has 3 N–H and O–H groups in total. The third-order valence-corrected chi connectivity index (χ3v) is 3.86. The Morgan fingerprint density at radius 3 is 2.47 bits per heavy atom. The number of aliphatic hydroxyl groups is 1. The topological polar surface area (TPSA) is 68.0 Å². The smallest absolute Gasteiger partial charge is 0.163 e. The number of nitrogens with zero attached hydrogens (tertiary/aromatic N) is 1. The van der Waals surface area contributed by atoms with Gasteiger partial charge < -0.3 is 25.2 Å². The van der Waals surface area contributed by atoms with Crippen molar-refractivity contribution in [3.05, 3.63) is 12.1 Å². The van der Waals surface area contributed by atoms with Gasteiger partial charge in [-0.05, 0) is 19.3 Å². The lowest BCUT2D eigenvalue weighted by molar-refractivity contribution is 0.171. The van der Waals surface area contributed by atoms with Gasteiger partial charge in [-0.3, -0.25) is 0 Å². The van der Waals surface area contributed by atoms with E-state index in [2.05, 4.69) is 4.90 Å². The van der Waals surface area contributed by atoms with E-state index in [0.717, 1.165) is 24.3 Å². The number of benzene rings is 1. The van der Waals surface area contributed by atoms with Crippen LogP contribution in [0.2, 0.25) is 0 Å². The van der Waals surface area contributed by atoms with Crippen molar-refractivity contribution >= 4 is 11.4 Å². The van der Waals surface area contributed by atoms with Crippen molar-refractivity contribution in [3.8, 4) is 11.5 Å². The molecule has 1 aromatic carbocycles. The predicted molar refractivity (Wildman–Crippen MR) is 73.9 cm³/mol. The zero-order chi connectivity index (χ0) is 13.2. The Morgan fingerprint density at radius 2 is 1.89 bits per heavy atom. The Hall–Kier alpha value is -1.62. The van der Waals surface area contributed by atoms with Gasteiger partial charge in [0.1, 0.15) is 13.2 Å². The van der Waals surface area contributed by atoms with E-state index in [0.29, 0.717) is 37.2 Å². The lowest BCUT2D eigenvalue weighted by Crippen LogP contribution is -2.42. The van der Waals surface area contributed by atoms with E-state index in [1.165, 1.54) is 6.42 Å². The minimum Gasteiger partial charge on any atom is -0.486 e. The lowest BCUT2D eigenvalue weighted by Gasteiger charge is -2.39. The van der Waals surface area contributed by atoms with E-state index in [4.69, 9.17) is 15.2 Å². The highest BCUT2D eigenvalue weighted by atomic mass is 16.6. The van der Waals surface area contributed by atoms with Crippen LogP contribution in [0, 0.1) is 0 Å². The van der Waals surface area contributed by atoms with E-state index >= 15 is 0 Å². The molecule has 1 aromatic rings. The Bertz CT molecular complexity index is 460. The summed E-state index contributed by atoms with van der Waals surface area (Å²) in [6.07, 6.45) is 3.57. The number of ether oxygens (including phenoxy) is 2. The van der Waals surface area contributed by atoms with E-state index in [1.807, 2.05) is 12.1 Å². The number of nitrogens with two attached hydrogens (primary N) is 1. The summed E-state index contributed by atoms with van der Waals surface area (Å²) in [6, 6.07) is 4.25. The Labute approximate surface area is 112 Å². The van der Waals surface area contributed by atoms with Crippen LogP contribution in [-0.4, -0.2) is 37.5 Å². The first-order valence-corrected chi connectivity index (χ1v) is 6.86. The standard InChI is InChI=1S/C14H20N2O3/c15-11-8-13-14(19-7-6-18-13)9-12(11)16(4-5-17)10-2-1-3-10/h8-10,17H,1-7,15H2. The summed E-state index contributed by atoms with van der Waals surface area (Å²) in [6.45, 7) is 1.87. The quantitative estimate of drug-likeness (QED) is 0.804. The summed E-state index contributed by atoms with van der Waals surface area (Å²) in [5, 5.41) is 9.26. The Morgan fingerprint density at radius 1 is 1.21 bits per heavy atom. The average molecular weight is 264 g/mol. The third kappa shape index (κ3) is 2.30. The molecule has 1 aliphatic heterocycles. The minimum absolute atomic E-state index is 0.129. The molecule has 104 valence electrons. The number of hydrogen-bond donors (Lipinski definition) is 2. The molecule has 5 heteroatoms. The van der Waals surface area contributed by atoms with Crippen molar-refractivity contribution < 1.29 is 14.6 Å². The van der Waals surface area contributed by atoms with Gasteiger partial charge >= 0.3 is 0 Å². The molecule has 0 spiro atoms. The van der Waals surface area contributed by atoms with E-state index in [9.17, 15) is 5.11 Å². The van der Waals surface area contributed by atoms with Gasteiger partial charge in [-0.25, -0.2) is 0 Å². The number of anilines is 2. The monoisotopic (exact) mass is 264 g/mol. The van der Waals surface area contributed by atoms with Gasteiger partial charge in [0.15, 0.2) is 11.5 Å². The van der Waals surface area contributed by atoms with Crippen LogP contribution in [0.15, 0.2) is 12.1 Å². The highest BCUT2D eigenvalue weighted by Crippen LogP contribution is 2.41. The van der Waals surface area contributed by atoms with Gasteiger partial charge in [0, 0.05) is 24.7 Å². The molecule has 0 saturated heterocycles. The summed E-state index contributed by atoms with van der Waals surface area (Å²) < 4.78 is 11.1. The van der Waals surface area contributed by atoms with Crippen LogP contribution in [0.4, 0.5) is 11.4 Å². The van der Waals surface area contributed by atoms with Gasteiger partial charge in [-0.1, -0.05) is 0 Å². The van der Waals surface area contributed by atoms with Gasteiger partial charge in [0.05, 0.1) is 18.0 Å². The summed E-state index contributed by atoms with van der Waals surface area (Å²) in [5.74, 6) is 1.46. The Balaban J connectivity index is 1.92. The summed E-state index contributed by atoms with van der Waals surface area (Å²) >= 11 is 0. The summed E-state index contributed by atoms with van der Waals surface area (Å²) in [5.41, 5.74) is 7.77. The second-order valence-electron chi connectivity index (χ2n) is 5.06. The fourth-order valence-corrected chi connectivity index (χ4v) is 2.65. The fraction of sp³-hybridized carbons (Fsp3) is 0.571. The maximum Gasteiger partial charge on any atom is 0.163 e. The molecule has 1 fully saturated rings. The van der Waals surface area contributed by atoms with Crippen molar-refractivity contribution in [2.45, 2.75) is 25.3 Å². The first-order chi connectivity index (χ1) is 9.29. The molecule has 0 amide bonds. The molecular weight excluding hydrogens is 244 g/mol. The molecule has 2 aliphatic rings. The molecule has 3 rings (SSSR count). The summed E-state index contributed by atoms with van der Waals surface area (Å²) in [7, 11) is 0. The summed E-state index contributed by atoms with van der Waals surface area (Å²) in [4.78, 5) is 2.19. The molecule has 19 heavy (non-hydrogen) atoms. The van der Waals surface area contributed by atoms with E-state index < -0.39 is 0 Å². The zero-order valence-electron chi connectivity index (χ0n) is 11.0. The maximum atomic E-state index is 9.26. The number of rotatable bonds is 4. The van der Waals surface area contributed by atoms with Gasteiger partial charge in [-0.2, -0.15) is 0 Å². The normalized spacial score (nSPS) is 17.9. The largest absolute Gasteiger partial charge is 0.486 e. The molecule has 0 atom stereocenters. The number of fused-ring (bicyclic) bond motifs is 1. The van der Waals surface area contributed by atoms with Crippen LogP contribution in [0.25, 0.3) is 0 Å². The number of aliphatic hydroxyl groups excluding tert-OH is 1. The van der Waals surface area contributed by atoms with Gasteiger partial charge in [-0.15, -0.1) is 0 Å². The van der Waals surface area contributed by atoms with Crippen LogP contribution in [0.3, 0.4) is 0 Å². The minimum atomic E-state index is 0.129. The maximum absolute atomic E-state index is 9.26. The number of hydrogen-bond acceptors (Lipinski definition) is 5. The SMILES string of the molecule is Nc1cc2c(cc1N(CCO)C1CCC1)OCCO2. The van der Waals surface area contributed by atoms with Gasteiger partial charge in [0.25, 0.3) is 0 Å². The molecule has 0 unspecified atom stereocenters. The van der Waals surface area contributed by atoms with Crippen molar-refractivity contribution in [2.75, 3.05) is 37.0 Å². The Kier molecular flexibility index (Phi) is 3.38. The van der Waals surface area contributed by atoms with Crippen LogP contribution >= 0.6 is 0 Å². The highest BCUT2D eigenvalue weighted by molar-refractivity contribution is 5.73. The van der Waals surface area contributed by atoms with E-state index in [1.54, 1.807) is 0 Å². The fourth-order valence-electron chi connectivity index (χ4n) is 2.65. The molecule has 1 saturated carbocycles. The third-order valence-electron chi connectivity index (χ3n) is 3.86. The molecule has 0 aromatic heterocycles. The first kappa shape index (κ1) is 12.4. The highest BCUT2D eigenvalue weighted by Gasteiger charge is 2.27. The van der Waals surface area contributed by atoms with Crippen molar-refractivity contribution in [1.29, 1.82) is 0 Å². The average Bonchev–Trinajstić information content (AvgIpc) is 2.35. The molecule has 1 heterocycles. The molecule has 1 aliphatic carbocycles. The van der Waals surface area contributed by atoms with Crippen molar-refractivity contribution in [1.82, 2.24) is 0 Å². The zero-order valence-corrected chi connectivity index (χ0v) is 11.0. The molecular formula is C14H20N2O3. The van der Waals surface area contributed by atoms with Crippen LogP contribution < -0.4 is 20.1 Å². The van der Waals surface area contributed by atoms with Crippen LogP contribution in [0.5, 0.6) is 11.5 Å².